The van der Waals surface area contributed by atoms with Crippen molar-refractivity contribution in [2.24, 2.45) is 0 Å². The van der Waals surface area contributed by atoms with Gasteiger partial charge in [-0.2, -0.15) is 0 Å². The standard InChI is InChI=1S/C18H15BrN2O5/c1-2-20-15-8-7-13(21(25)26)9-14(15)18(24,17(20)23)10-16(22)11-3-5-12(19)6-4-11/h3-9,24H,2,10H2,1H3. The van der Waals surface area contributed by atoms with Crippen LogP contribution in [0.3, 0.4) is 0 Å². The van der Waals surface area contributed by atoms with Crippen molar-refractivity contribution < 1.29 is 19.6 Å². The molecule has 1 heterocycles. The molecule has 0 saturated carbocycles. The zero-order valence-electron chi connectivity index (χ0n) is 13.8. The number of hydrogen-bond acceptors (Lipinski definition) is 5. The van der Waals surface area contributed by atoms with Crippen molar-refractivity contribution >= 4 is 39.0 Å². The molecule has 0 aromatic heterocycles. The second-order valence-electron chi connectivity index (χ2n) is 5.98. The van der Waals surface area contributed by atoms with Crippen LogP contribution in [0.25, 0.3) is 0 Å². The molecule has 0 aliphatic carbocycles. The van der Waals surface area contributed by atoms with Gasteiger partial charge in [-0.15, -0.1) is 0 Å². The van der Waals surface area contributed by atoms with Crippen LogP contribution in [0.1, 0.15) is 29.3 Å². The maximum atomic E-state index is 12.8. The van der Waals surface area contributed by atoms with Crippen LogP contribution >= 0.6 is 15.9 Å². The summed E-state index contributed by atoms with van der Waals surface area (Å²) < 4.78 is 0.794. The van der Waals surface area contributed by atoms with Gasteiger partial charge in [-0.1, -0.05) is 28.1 Å². The van der Waals surface area contributed by atoms with Crippen LogP contribution in [0.5, 0.6) is 0 Å². The van der Waals surface area contributed by atoms with Crippen molar-refractivity contribution in [1.29, 1.82) is 0 Å². The van der Waals surface area contributed by atoms with Gasteiger partial charge in [-0.3, -0.25) is 19.7 Å². The van der Waals surface area contributed by atoms with E-state index in [-0.39, 0.29) is 17.8 Å². The van der Waals surface area contributed by atoms with E-state index in [1.807, 2.05) is 0 Å². The second kappa shape index (κ2) is 6.62. The number of anilines is 1. The molecule has 0 fully saturated rings. The van der Waals surface area contributed by atoms with Crippen molar-refractivity contribution in [1.82, 2.24) is 0 Å². The quantitative estimate of drug-likeness (QED) is 0.456. The number of ketones is 1. The molecule has 1 atom stereocenters. The van der Waals surface area contributed by atoms with E-state index in [4.69, 9.17) is 0 Å². The van der Waals surface area contributed by atoms with E-state index in [2.05, 4.69) is 15.9 Å². The first-order valence-electron chi connectivity index (χ1n) is 7.90. The summed E-state index contributed by atoms with van der Waals surface area (Å²) in [5.74, 6) is -1.08. The molecule has 134 valence electrons. The summed E-state index contributed by atoms with van der Waals surface area (Å²) in [6, 6.07) is 10.4. The summed E-state index contributed by atoms with van der Waals surface area (Å²) in [4.78, 5) is 37.2. The fraction of sp³-hybridized carbons (Fsp3) is 0.222. The average Bonchev–Trinajstić information content (AvgIpc) is 2.82. The van der Waals surface area contributed by atoms with Crippen LogP contribution in [-0.4, -0.2) is 28.3 Å². The van der Waals surface area contributed by atoms with E-state index < -0.39 is 28.6 Å². The van der Waals surface area contributed by atoms with Gasteiger partial charge in [-0.25, -0.2) is 0 Å². The number of likely N-dealkylation sites (N-methyl/N-ethyl adjacent to an activating group) is 1. The lowest BCUT2D eigenvalue weighted by Crippen LogP contribution is -2.41. The molecule has 7 nitrogen and oxygen atoms in total. The molecular formula is C18H15BrN2O5. The van der Waals surface area contributed by atoms with Gasteiger partial charge in [0.1, 0.15) is 0 Å². The number of fused-ring (bicyclic) bond motifs is 1. The third-order valence-electron chi connectivity index (χ3n) is 4.43. The molecule has 1 aliphatic rings. The number of nitro groups is 1. The largest absolute Gasteiger partial charge is 0.375 e. The van der Waals surface area contributed by atoms with Crippen molar-refractivity contribution in [3.05, 3.63) is 68.2 Å². The highest BCUT2D eigenvalue weighted by molar-refractivity contribution is 9.10. The number of aliphatic hydroxyl groups is 1. The van der Waals surface area contributed by atoms with Crippen LogP contribution in [0.2, 0.25) is 0 Å². The Labute approximate surface area is 157 Å². The summed E-state index contributed by atoms with van der Waals surface area (Å²) in [5.41, 5.74) is -1.56. The molecule has 2 aromatic carbocycles. The zero-order chi connectivity index (χ0) is 19.1. The first-order chi connectivity index (χ1) is 12.3. The number of Topliss-reactive ketones (excluding diaryl/α,β-unsaturated/α-hetero) is 1. The molecule has 1 N–H and O–H groups in total. The lowest BCUT2D eigenvalue weighted by atomic mass is 9.88. The fourth-order valence-electron chi connectivity index (χ4n) is 3.11. The number of non-ortho nitro benzene ring substituents is 1. The van der Waals surface area contributed by atoms with Crippen LogP contribution < -0.4 is 4.90 Å². The summed E-state index contributed by atoms with van der Waals surface area (Å²) in [7, 11) is 0. The van der Waals surface area contributed by atoms with Gasteiger partial charge < -0.3 is 10.0 Å². The Bertz CT molecular complexity index is 912. The molecular weight excluding hydrogens is 404 g/mol. The van der Waals surface area contributed by atoms with E-state index in [1.54, 1.807) is 31.2 Å². The van der Waals surface area contributed by atoms with Crippen molar-refractivity contribution in [2.75, 3.05) is 11.4 Å². The van der Waals surface area contributed by atoms with E-state index >= 15 is 0 Å². The van der Waals surface area contributed by atoms with E-state index in [0.717, 1.165) is 10.5 Å². The molecule has 0 spiro atoms. The van der Waals surface area contributed by atoms with Crippen LogP contribution in [-0.2, 0) is 10.4 Å². The first kappa shape index (κ1) is 18.2. The van der Waals surface area contributed by atoms with Gasteiger partial charge in [0.2, 0.25) is 0 Å². The number of nitrogens with zero attached hydrogens (tertiary/aromatic N) is 2. The minimum absolute atomic E-state index is 0.0870. The molecule has 0 radical (unpaired) electrons. The minimum atomic E-state index is -2.12. The second-order valence-corrected chi connectivity index (χ2v) is 6.89. The molecule has 1 amide bonds. The molecule has 0 saturated heterocycles. The van der Waals surface area contributed by atoms with Gasteiger partial charge in [-0.05, 0) is 25.1 Å². The monoisotopic (exact) mass is 418 g/mol. The number of hydrogen-bond donors (Lipinski definition) is 1. The first-order valence-corrected chi connectivity index (χ1v) is 8.69. The van der Waals surface area contributed by atoms with E-state index in [1.165, 1.54) is 17.0 Å². The molecule has 1 unspecified atom stereocenters. The van der Waals surface area contributed by atoms with Gasteiger partial charge >= 0.3 is 0 Å². The summed E-state index contributed by atoms with van der Waals surface area (Å²) in [6.07, 6.45) is -0.488. The number of rotatable bonds is 5. The summed E-state index contributed by atoms with van der Waals surface area (Å²) >= 11 is 3.28. The maximum Gasteiger partial charge on any atom is 0.269 e. The molecule has 2 aromatic rings. The third kappa shape index (κ3) is 2.91. The number of halogens is 1. The average molecular weight is 419 g/mol. The maximum absolute atomic E-state index is 12.8. The zero-order valence-corrected chi connectivity index (χ0v) is 15.4. The molecule has 8 heteroatoms. The Morgan fingerprint density at radius 3 is 2.50 bits per heavy atom. The Morgan fingerprint density at radius 2 is 1.92 bits per heavy atom. The number of amides is 1. The normalized spacial score (nSPS) is 18.7. The van der Waals surface area contributed by atoms with E-state index in [9.17, 15) is 24.8 Å². The lowest BCUT2D eigenvalue weighted by molar-refractivity contribution is -0.385. The third-order valence-corrected chi connectivity index (χ3v) is 4.95. The molecule has 1 aliphatic heterocycles. The fourth-order valence-corrected chi connectivity index (χ4v) is 3.37. The van der Waals surface area contributed by atoms with Gasteiger partial charge in [0.05, 0.1) is 17.0 Å². The number of benzene rings is 2. The highest BCUT2D eigenvalue weighted by atomic mass is 79.9. The number of carbonyl (C=O) groups excluding carboxylic acids is 2. The summed E-state index contributed by atoms with van der Waals surface area (Å²) in [5, 5.41) is 22.1. The van der Waals surface area contributed by atoms with Crippen LogP contribution in [0, 0.1) is 10.1 Å². The number of carbonyl (C=O) groups is 2. The SMILES string of the molecule is CCN1C(=O)C(O)(CC(=O)c2ccc(Br)cc2)c2cc([N+](=O)[O-])ccc21. The minimum Gasteiger partial charge on any atom is -0.375 e. The molecule has 26 heavy (non-hydrogen) atoms. The Kier molecular flexibility index (Phi) is 4.64. The predicted molar refractivity (Wildman–Crippen MR) is 98.1 cm³/mol. The highest BCUT2D eigenvalue weighted by Crippen LogP contribution is 2.44. The van der Waals surface area contributed by atoms with Crippen molar-refractivity contribution in [3.63, 3.8) is 0 Å². The highest BCUT2D eigenvalue weighted by Gasteiger charge is 2.51. The predicted octanol–water partition coefficient (Wildman–Crippen LogP) is 3.18. The Morgan fingerprint density at radius 1 is 1.27 bits per heavy atom. The van der Waals surface area contributed by atoms with Crippen LogP contribution in [0.15, 0.2) is 46.9 Å². The van der Waals surface area contributed by atoms with Crippen LogP contribution in [0.4, 0.5) is 11.4 Å². The van der Waals surface area contributed by atoms with Gasteiger partial charge in [0.15, 0.2) is 11.4 Å². The smallest absolute Gasteiger partial charge is 0.269 e. The topological polar surface area (TPSA) is 101 Å². The van der Waals surface area contributed by atoms with Crippen molar-refractivity contribution in [2.45, 2.75) is 18.9 Å². The molecule has 3 rings (SSSR count). The number of nitro benzene ring substituents is 1. The Hall–Kier alpha value is -2.58. The van der Waals surface area contributed by atoms with Crippen molar-refractivity contribution in [3.8, 4) is 0 Å². The summed E-state index contributed by atoms with van der Waals surface area (Å²) in [6.45, 7) is 2.00. The lowest BCUT2D eigenvalue weighted by Gasteiger charge is -2.22. The van der Waals surface area contributed by atoms with Gasteiger partial charge in [0, 0.05) is 34.3 Å². The van der Waals surface area contributed by atoms with E-state index in [0.29, 0.717) is 11.3 Å². The molecule has 0 bridgehead atoms. The van der Waals surface area contributed by atoms with Gasteiger partial charge in [0.25, 0.3) is 11.6 Å². The Balaban J connectivity index is 2.04.